The zero-order valence-corrected chi connectivity index (χ0v) is 16.2. The molecule has 0 amide bonds. The van der Waals surface area contributed by atoms with Crippen LogP contribution in [0, 0.1) is 0 Å². The van der Waals surface area contributed by atoms with E-state index < -0.39 is 0 Å². The molecular formula is C22H20ClN3O. The van der Waals surface area contributed by atoms with Gasteiger partial charge in [0.25, 0.3) is 0 Å². The van der Waals surface area contributed by atoms with Gasteiger partial charge in [-0.1, -0.05) is 17.7 Å². The van der Waals surface area contributed by atoms with E-state index in [-0.39, 0.29) is 0 Å². The number of benzene rings is 3. The molecule has 0 spiro atoms. The summed E-state index contributed by atoms with van der Waals surface area (Å²) in [6, 6.07) is 20.0. The van der Waals surface area contributed by atoms with E-state index in [0.29, 0.717) is 5.02 Å². The van der Waals surface area contributed by atoms with Crippen molar-refractivity contribution in [2.24, 2.45) is 0 Å². The van der Waals surface area contributed by atoms with Crippen LogP contribution in [0.4, 0.5) is 17.1 Å². The molecule has 136 valence electrons. The van der Waals surface area contributed by atoms with Crippen molar-refractivity contribution in [3.05, 3.63) is 65.7 Å². The standard InChI is InChI=1S/C22H20ClN3O/c1-26(2)16-6-4-5-15(12-16)24-22-18-9-7-14(23)11-21(18)25-20-10-8-17(27-3)13-19(20)22/h4-13H,1-3H3,(H,24,25). The van der Waals surface area contributed by atoms with Crippen LogP contribution in [0.5, 0.6) is 5.75 Å². The normalized spacial score (nSPS) is 11.0. The SMILES string of the molecule is COc1ccc2nc3cc(Cl)ccc3c(Nc3cccc(N(C)C)c3)c2c1. The van der Waals surface area contributed by atoms with E-state index in [1.54, 1.807) is 7.11 Å². The molecular weight excluding hydrogens is 358 g/mol. The minimum Gasteiger partial charge on any atom is -0.497 e. The van der Waals surface area contributed by atoms with Gasteiger partial charge in [0.1, 0.15) is 5.75 Å². The Kier molecular flexibility index (Phi) is 4.50. The molecule has 0 aliphatic rings. The number of ether oxygens (including phenoxy) is 1. The molecule has 4 rings (SSSR count). The molecule has 0 atom stereocenters. The van der Waals surface area contributed by atoms with Crippen LogP contribution in [0.2, 0.25) is 5.02 Å². The number of hydrogen-bond donors (Lipinski definition) is 1. The Morgan fingerprint density at radius 2 is 1.78 bits per heavy atom. The lowest BCUT2D eigenvalue weighted by molar-refractivity contribution is 0.415. The predicted octanol–water partition coefficient (Wildman–Crippen LogP) is 5.86. The van der Waals surface area contributed by atoms with E-state index >= 15 is 0 Å². The van der Waals surface area contributed by atoms with Gasteiger partial charge in [0, 0.05) is 41.3 Å². The van der Waals surface area contributed by atoms with Crippen LogP contribution < -0.4 is 15.0 Å². The van der Waals surface area contributed by atoms with E-state index in [2.05, 4.69) is 28.4 Å². The average Bonchev–Trinajstić information content (AvgIpc) is 2.67. The molecule has 0 fully saturated rings. The first kappa shape index (κ1) is 17.4. The number of aromatic nitrogens is 1. The van der Waals surface area contributed by atoms with Gasteiger partial charge in [0.15, 0.2) is 0 Å². The fourth-order valence-electron chi connectivity index (χ4n) is 3.16. The van der Waals surface area contributed by atoms with Crippen LogP contribution in [0.15, 0.2) is 60.7 Å². The van der Waals surface area contributed by atoms with Gasteiger partial charge in [-0.05, 0) is 54.6 Å². The minimum absolute atomic E-state index is 0.670. The molecule has 27 heavy (non-hydrogen) atoms. The van der Waals surface area contributed by atoms with Gasteiger partial charge < -0.3 is 15.0 Å². The van der Waals surface area contributed by atoms with Crippen LogP contribution >= 0.6 is 11.6 Å². The number of rotatable bonds is 4. The molecule has 0 saturated heterocycles. The molecule has 0 aliphatic heterocycles. The van der Waals surface area contributed by atoms with Crippen molar-refractivity contribution in [1.82, 2.24) is 4.98 Å². The van der Waals surface area contributed by atoms with E-state index in [1.165, 1.54) is 0 Å². The molecule has 1 N–H and O–H groups in total. The highest BCUT2D eigenvalue weighted by molar-refractivity contribution is 6.31. The third-order valence-electron chi connectivity index (χ3n) is 4.57. The van der Waals surface area contributed by atoms with Gasteiger partial charge in [-0.2, -0.15) is 0 Å². The molecule has 5 heteroatoms. The first-order valence-electron chi connectivity index (χ1n) is 8.66. The molecule has 0 bridgehead atoms. The van der Waals surface area contributed by atoms with Crippen molar-refractivity contribution in [2.45, 2.75) is 0 Å². The number of nitrogens with zero attached hydrogens (tertiary/aromatic N) is 2. The van der Waals surface area contributed by atoms with Crippen LogP contribution in [-0.2, 0) is 0 Å². The number of anilines is 3. The van der Waals surface area contributed by atoms with Gasteiger partial charge in [0.05, 0.1) is 23.8 Å². The minimum atomic E-state index is 0.670. The van der Waals surface area contributed by atoms with Crippen molar-refractivity contribution in [1.29, 1.82) is 0 Å². The molecule has 0 aliphatic carbocycles. The van der Waals surface area contributed by atoms with Crippen LogP contribution in [0.3, 0.4) is 0 Å². The summed E-state index contributed by atoms with van der Waals surface area (Å²) in [7, 11) is 5.73. The first-order chi connectivity index (χ1) is 13.0. The van der Waals surface area contributed by atoms with Crippen LogP contribution in [0.25, 0.3) is 21.8 Å². The second-order valence-electron chi connectivity index (χ2n) is 6.60. The van der Waals surface area contributed by atoms with Crippen LogP contribution in [-0.4, -0.2) is 26.2 Å². The van der Waals surface area contributed by atoms with E-state index in [0.717, 1.165) is 44.6 Å². The molecule has 0 saturated carbocycles. The smallest absolute Gasteiger partial charge is 0.119 e. The van der Waals surface area contributed by atoms with Gasteiger partial charge >= 0.3 is 0 Å². The summed E-state index contributed by atoms with van der Waals surface area (Å²) in [4.78, 5) is 6.85. The molecule has 3 aromatic carbocycles. The number of hydrogen-bond acceptors (Lipinski definition) is 4. The third kappa shape index (κ3) is 3.36. The van der Waals surface area contributed by atoms with Crippen molar-refractivity contribution >= 4 is 50.5 Å². The zero-order valence-electron chi connectivity index (χ0n) is 15.5. The van der Waals surface area contributed by atoms with Crippen molar-refractivity contribution in [3.63, 3.8) is 0 Å². The summed E-state index contributed by atoms with van der Waals surface area (Å²) in [5.74, 6) is 0.794. The lowest BCUT2D eigenvalue weighted by Crippen LogP contribution is -2.08. The summed E-state index contributed by atoms with van der Waals surface area (Å²) in [6.07, 6.45) is 0. The van der Waals surface area contributed by atoms with E-state index in [4.69, 9.17) is 21.3 Å². The summed E-state index contributed by atoms with van der Waals surface area (Å²) in [5.41, 5.74) is 4.86. The molecule has 4 aromatic rings. The highest BCUT2D eigenvalue weighted by atomic mass is 35.5. The summed E-state index contributed by atoms with van der Waals surface area (Å²) >= 11 is 6.20. The lowest BCUT2D eigenvalue weighted by atomic mass is 10.1. The summed E-state index contributed by atoms with van der Waals surface area (Å²) < 4.78 is 5.43. The Bertz CT molecular complexity index is 1140. The fraction of sp³-hybridized carbons (Fsp3) is 0.136. The van der Waals surface area contributed by atoms with E-state index in [9.17, 15) is 0 Å². The van der Waals surface area contributed by atoms with Gasteiger partial charge in [-0.15, -0.1) is 0 Å². The molecule has 0 radical (unpaired) electrons. The zero-order chi connectivity index (χ0) is 19.0. The highest BCUT2D eigenvalue weighted by Crippen LogP contribution is 2.36. The number of halogens is 1. The second-order valence-corrected chi connectivity index (χ2v) is 7.04. The Morgan fingerprint density at radius 1 is 0.926 bits per heavy atom. The quantitative estimate of drug-likeness (QED) is 0.452. The third-order valence-corrected chi connectivity index (χ3v) is 4.81. The largest absolute Gasteiger partial charge is 0.497 e. The van der Waals surface area contributed by atoms with Gasteiger partial charge in [0.2, 0.25) is 0 Å². The lowest BCUT2D eigenvalue weighted by Gasteiger charge is -2.17. The fourth-order valence-corrected chi connectivity index (χ4v) is 3.33. The van der Waals surface area contributed by atoms with Crippen LogP contribution in [0.1, 0.15) is 0 Å². The first-order valence-corrected chi connectivity index (χ1v) is 9.04. The predicted molar refractivity (Wildman–Crippen MR) is 115 cm³/mol. The average molecular weight is 378 g/mol. The monoisotopic (exact) mass is 377 g/mol. The Morgan fingerprint density at radius 3 is 2.56 bits per heavy atom. The highest BCUT2D eigenvalue weighted by Gasteiger charge is 2.12. The molecule has 0 unspecified atom stereocenters. The molecule has 1 heterocycles. The topological polar surface area (TPSA) is 37.4 Å². The Labute approximate surface area is 163 Å². The number of fused-ring (bicyclic) bond motifs is 2. The van der Waals surface area contributed by atoms with Crippen molar-refractivity contribution in [3.8, 4) is 5.75 Å². The number of nitrogens with one attached hydrogen (secondary N) is 1. The summed E-state index contributed by atoms with van der Waals surface area (Å²) in [6.45, 7) is 0. The second kappa shape index (κ2) is 6.97. The van der Waals surface area contributed by atoms with Gasteiger partial charge in [-0.3, -0.25) is 0 Å². The van der Waals surface area contributed by atoms with Crippen molar-refractivity contribution < 1.29 is 4.74 Å². The number of methoxy groups -OCH3 is 1. The maximum atomic E-state index is 6.20. The summed E-state index contributed by atoms with van der Waals surface area (Å²) in [5, 5.41) is 6.27. The Balaban J connectivity index is 1.96. The van der Waals surface area contributed by atoms with Gasteiger partial charge in [-0.25, -0.2) is 4.98 Å². The number of pyridine rings is 1. The Hall–Kier alpha value is -2.98. The van der Waals surface area contributed by atoms with E-state index in [1.807, 2.05) is 56.6 Å². The maximum absolute atomic E-state index is 6.20. The van der Waals surface area contributed by atoms with Crippen molar-refractivity contribution in [2.75, 3.05) is 31.4 Å². The maximum Gasteiger partial charge on any atom is 0.119 e. The molecule has 4 nitrogen and oxygen atoms in total. The molecule has 1 aromatic heterocycles.